The molecule has 2 aromatic carbocycles. The normalized spacial score (nSPS) is 16.9. The SMILES string of the molecule is CN=C(NCC(C)c1cccc(C)c1)NC1CCN(c2ccccc2)CC1. The first-order valence-corrected chi connectivity index (χ1v) is 9.99. The van der Waals surface area contributed by atoms with Gasteiger partial charge in [-0.25, -0.2) is 0 Å². The van der Waals surface area contributed by atoms with Gasteiger partial charge in [-0.15, -0.1) is 0 Å². The molecular formula is C23H32N4. The van der Waals surface area contributed by atoms with Crippen LogP contribution in [-0.2, 0) is 0 Å². The average molecular weight is 365 g/mol. The van der Waals surface area contributed by atoms with Crippen LogP contribution in [0.5, 0.6) is 0 Å². The van der Waals surface area contributed by atoms with E-state index in [1.165, 1.54) is 16.8 Å². The van der Waals surface area contributed by atoms with Crippen molar-refractivity contribution in [3.8, 4) is 0 Å². The topological polar surface area (TPSA) is 39.7 Å². The van der Waals surface area contributed by atoms with Crippen LogP contribution in [-0.4, -0.2) is 38.7 Å². The summed E-state index contributed by atoms with van der Waals surface area (Å²) < 4.78 is 0. The number of anilines is 1. The number of piperidine rings is 1. The summed E-state index contributed by atoms with van der Waals surface area (Å²) >= 11 is 0. The van der Waals surface area contributed by atoms with E-state index in [0.29, 0.717) is 12.0 Å². The molecule has 1 saturated heterocycles. The number of guanidine groups is 1. The van der Waals surface area contributed by atoms with E-state index in [9.17, 15) is 0 Å². The lowest BCUT2D eigenvalue weighted by Crippen LogP contribution is -2.49. The number of nitrogens with one attached hydrogen (secondary N) is 2. The van der Waals surface area contributed by atoms with Gasteiger partial charge < -0.3 is 15.5 Å². The third-order valence-corrected chi connectivity index (χ3v) is 5.37. The Morgan fingerprint density at radius 2 is 1.85 bits per heavy atom. The monoisotopic (exact) mass is 364 g/mol. The zero-order valence-corrected chi connectivity index (χ0v) is 16.8. The van der Waals surface area contributed by atoms with E-state index in [0.717, 1.165) is 38.4 Å². The number of para-hydroxylation sites is 1. The molecule has 1 unspecified atom stereocenters. The Kier molecular flexibility index (Phi) is 6.74. The van der Waals surface area contributed by atoms with Gasteiger partial charge in [0.1, 0.15) is 0 Å². The van der Waals surface area contributed by atoms with Crippen LogP contribution < -0.4 is 15.5 Å². The number of hydrogen-bond donors (Lipinski definition) is 2. The molecule has 144 valence electrons. The molecule has 1 heterocycles. The fourth-order valence-electron chi connectivity index (χ4n) is 3.65. The summed E-state index contributed by atoms with van der Waals surface area (Å²) in [4.78, 5) is 6.89. The van der Waals surface area contributed by atoms with Crippen LogP contribution in [0, 0.1) is 6.92 Å². The molecule has 0 bridgehead atoms. The Morgan fingerprint density at radius 1 is 1.11 bits per heavy atom. The highest BCUT2D eigenvalue weighted by molar-refractivity contribution is 5.80. The molecule has 1 fully saturated rings. The van der Waals surface area contributed by atoms with Gasteiger partial charge in [-0.1, -0.05) is 55.0 Å². The maximum atomic E-state index is 4.42. The molecule has 2 N–H and O–H groups in total. The van der Waals surface area contributed by atoms with Gasteiger partial charge in [-0.3, -0.25) is 4.99 Å². The molecule has 1 aliphatic rings. The highest BCUT2D eigenvalue weighted by Crippen LogP contribution is 2.19. The first kappa shape index (κ1) is 19.3. The first-order valence-electron chi connectivity index (χ1n) is 9.99. The molecule has 4 nitrogen and oxygen atoms in total. The molecule has 3 rings (SSSR count). The smallest absolute Gasteiger partial charge is 0.191 e. The van der Waals surface area contributed by atoms with Gasteiger partial charge in [0.15, 0.2) is 5.96 Å². The van der Waals surface area contributed by atoms with Gasteiger partial charge >= 0.3 is 0 Å². The van der Waals surface area contributed by atoms with Crippen LogP contribution in [0.15, 0.2) is 59.6 Å². The van der Waals surface area contributed by atoms with Crippen LogP contribution in [0.4, 0.5) is 5.69 Å². The van der Waals surface area contributed by atoms with E-state index in [1.54, 1.807) is 0 Å². The number of aliphatic imine (C=N–C) groups is 1. The van der Waals surface area contributed by atoms with Crippen molar-refractivity contribution in [3.05, 3.63) is 65.7 Å². The lowest BCUT2D eigenvalue weighted by molar-refractivity contribution is 0.461. The van der Waals surface area contributed by atoms with Gasteiger partial charge in [0.2, 0.25) is 0 Å². The molecule has 27 heavy (non-hydrogen) atoms. The minimum atomic E-state index is 0.448. The summed E-state index contributed by atoms with van der Waals surface area (Å²) in [7, 11) is 1.85. The summed E-state index contributed by atoms with van der Waals surface area (Å²) in [5.41, 5.74) is 4.01. The number of rotatable bonds is 5. The molecule has 4 heteroatoms. The molecule has 1 atom stereocenters. The van der Waals surface area contributed by atoms with Gasteiger partial charge in [0.05, 0.1) is 0 Å². The number of benzene rings is 2. The van der Waals surface area contributed by atoms with Crippen LogP contribution in [0.3, 0.4) is 0 Å². The third-order valence-electron chi connectivity index (χ3n) is 5.37. The fraction of sp³-hybridized carbons (Fsp3) is 0.435. The molecule has 0 spiro atoms. The van der Waals surface area contributed by atoms with E-state index in [1.807, 2.05) is 7.05 Å². The predicted molar refractivity (Wildman–Crippen MR) is 116 cm³/mol. The lowest BCUT2D eigenvalue weighted by Gasteiger charge is -2.34. The van der Waals surface area contributed by atoms with Crippen LogP contribution in [0.2, 0.25) is 0 Å². The number of nitrogens with zero attached hydrogens (tertiary/aromatic N) is 2. The minimum Gasteiger partial charge on any atom is -0.371 e. The van der Waals surface area contributed by atoms with Gasteiger partial charge in [0, 0.05) is 38.4 Å². The van der Waals surface area contributed by atoms with Crippen molar-refractivity contribution in [1.29, 1.82) is 0 Å². The van der Waals surface area contributed by atoms with Crippen molar-refractivity contribution in [2.45, 2.75) is 38.6 Å². The summed E-state index contributed by atoms with van der Waals surface area (Å²) in [6.45, 7) is 7.45. The van der Waals surface area contributed by atoms with Crippen molar-refractivity contribution >= 4 is 11.6 Å². The Balaban J connectivity index is 1.45. The van der Waals surface area contributed by atoms with Crippen molar-refractivity contribution in [3.63, 3.8) is 0 Å². The van der Waals surface area contributed by atoms with Gasteiger partial charge in [0.25, 0.3) is 0 Å². The highest BCUT2D eigenvalue weighted by atomic mass is 15.2. The molecule has 0 radical (unpaired) electrons. The van der Waals surface area contributed by atoms with Crippen LogP contribution >= 0.6 is 0 Å². The zero-order valence-electron chi connectivity index (χ0n) is 16.8. The second kappa shape index (κ2) is 9.45. The maximum absolute atomic E-state index is 4.42. The van der Waals surface area contributed by atoms with Gasteiger partial charge in [-0.05, 0) is 43.4 Å². The molecule has 0 saturated carbocycles. The lowest BCUT2D eigenvalue weighted by atomic mass is 9.99. The van der Waals surface area contributed by atoms with E-state index >= 15 is 0 Å². The summed E-state index contributed by atoms with van der Waals surface area (Å²) in [6.07, 6.45) is 2.26. The molecule has 1 aliphatic heterocycles. The van der Waals surface area contributed by atoms with Crippen LogP contribution in [0.1, 0.15) is 36.8 Å². The van der Waals surface area contributed by atoms with E-state index in [4.69, 9.17) is 0 Å². The zero-order chi connectivity index (χ0) is 19.1. The summed E-state index contributed by atoms with van der Waals surface area (Å²) in [5, 5.41) is 7.11. The second-order valence-corrected chi connectivity index (χ2v) is 7.51. The highest BCUT2D eigenvalue weighted by Gasteiger charge is 2.20. The molecule has 0 aromatic heterocycles. The van der Waals surface area contributed by atoms with Crippen molar-refractivity contribution in [2.75, 3.05) is 31.6 Å². The van der Waals surface area contributed by atoms with E-state index in [2.05, 4.69) is 89.0 Å². The quantitative estimate of drug-likeness (QED) is 0.624. The molecule has 0 amide bonds. The Bertz CT molecular complexity index is 733. The Morgan fingerprint density at radius 3 is 2.52 bits per heavy atom. The van der Waals surface area contributed by atoms with Crippen molar-refractivity contribution < 1.29 is 0 Å². The Hall–Kier alpha value is -2.49. The molecule has 2 aromatic rings. The fourth-order valence-corrected chi connectivity index (χ4v) is 3.65. The standard InChI is InChI=1S/C23H32N4/c1-18-8-7-9-20(16-18)19(2)17-25-23(24-3)26-21-12-14-27(15-13-21)22-10-5-4-6-11-22/h4-11,16,19,21H,12-15,17H2,1-3H3,(H2,24,25,26). The van der Waals surface area contributed by atoms with E-state index < -0.39 is 0 Å². The van der Waals surface area contributed by atoms with Crippen molar-refractivity contribution in [2.24, 2.45) is 4.99 Å². The summed E-state index contributed by atoms with van der Waals surface area (Å²) in [6, 6.07) is 19.9. The second-order valence-electron chi connectivity index (χ2n) is 7.51. The van der Waals surface area contributed by atoms with Crippen LogP contribution in [0.25, 0.3) is 0 Å². The number of aryl methyl sites for hydroxylation is 1. The first-order chi connectivity index (χ1) is 13.2. The minimum absolute atomic E-state index is 0.448. The summed E-state index contributed by atoms with van der Waals surface area (Å²) in [5.74, 6) is 1.36. The molecule has 0 aliphatic carbocycles. The van der Waals surface area contributed by atoms with E-state index in [-0.39, 0.29) is 0 Å². The van der Waals surface area contributed by atoms with Crippen molar-refractivity contribution in [1.82, 2.24) is 10.6 Å². The largest absolute Gasteiger partial charge is 0.371 e. The third kappa shape index (κ3) is 5.49. The predicted octanol–water partition coefficient (Wildman–Crippen LogP) is 3.93. The molecular weight excluding hydrogens is 332 g/mol. The average Bonchev–Trinajstić information content (AvgIpc) is 2.72. The maximum Gasteiger partial charge on any atom is 0.191 e. The Labute approximate surface area is 163 Å². The number of hydrogen-bond acceptors (Lipinski definition) is 2. The van der Waals surface area contributed by atoms with Gasteiger partial charge in [-0.2, -0.15) is 0 Å².